The Labute approximate surface area is 91.1 Å². The minimum Gasteiger partial charge on any atom is -0.381 e. The van der Waals surface area contributed by atoms with Crippen molar-refractivity contribution in [2.45, 2.75) is 44.6 Å². The standard InChI is InChI=1S/C12H20O3/c1-11(2-6-13)3-9-15-12(10-11)4-7-14-8-5-12/h6H,2-5,7-10H2,1H3. The highest BCUT2D eigenvalue weighted by Gasteiger charge is 2.43. The van der Waals surface area contributed by atoms with Crippen LogP contribution in [0.25, 0.3) is 0 Å². The van der Waals surface area contributed by atoms with Gasteiger partial charge in [-0.05, 0) is 31.1 Å². The summed E-state index contributed by atoms with van der Waals surface area (Å²) in [6.07, 6.45) is 5.72. The van der Waals surface area contributed by atoms with Crippen LogP contribution in [0.3, 0.4) is 0 Å². The monoisotopic (exact) mass is 212 g/mol. The van der Waals surface area contributed by atoms with Crippen molar-refractivity contribution in [3.05, 3.63) is 0 Å². The van der Waals surface area contributed by atoms with E-state index in [9.17, 15) is 4.79 Å². The Balaban J connectivity index is 2.04. The first-order chi connectivity index (χ1) is 7.18. The fraction of sp³-hybridized carbons (Fsp3) is 0.917. The van der Waals surface area contributed by atoms with Crippen LogP contribution in [0.5, 0.6) is 0 Å². The predicted octanol–water partition coefficient (Wildman–Crippen LogP) is 1.94. The van der Waals surface area contributed by atoms with Gasteiger partial charge in [-0.1, -0.05) is 6.92 Å². The average Bonchev–Trinajstić information content (AvgIpc) is 2.18. The Morgan fingerprint density at radius 3 is 2.60 bits per heavy atom. The smallest absolute Gasteiger partial charge is 0.120 e. The fourth-order valence-electron chi connectivity index (χ4n) is 2.87. The SMILES string of the molecule is CC1(CC=O)CCOC2(CCOCC2)C1. The topological polar surface area (TPSA) is 35.5 Å². The van der Waals surface area contributed by atoms with Crippen LogP contribution in [0.4, 0.5) is 0 Å². The van der Waals surface area contributed by atoms with Gasteiger partial charge in [0.25, 0.3) is 0 Å². The number of rotatable bonds is 2. The molecule has 2 aliphatic rings. The molecule has 2 aliphatic heterocycles. The van der Waals surface area contributed by atoms with Gasteiger partial charge in [0.1, 0.15) is 6.29 Å². The van der Waals surface area contributed by atoms with Gasteiger partial charge >= 0.3 is 0 Å². The summed E-state index contributed by atoms with van der Waals surface area (Å²) in [5.74, 6) is 0. The maximum atomic E-state index is 10.7. The quantitative estimate of drug-likeness (QED) is 0.656. The lowest BCUT2D eigenvalue weighted by atomic mass is 9.70. The highest BCUT2D eigenvalue weighted by Crippen LogP contribution is 2.44. The second kappa shape index (κ2) is 4.22. The van der Waals surface area contributed by atoms with E-state index in [0.29, 0.717) is 6.42 Å². The van der Waals surface area contributed by atoms with Crippen LogP contribution >= 0.6 is 0 Å². The summed E-state index contributed by atoms with van der Waals surface area (Å²) in [7, 11) is 0. The van der Waals surface area contributed by atoms with Crippen LogP contribution in [0.2, 0.25) is 0 Å². The fourth-order valence-corrected chi connectivity index (χ4v) is 2.87. The largest absolute Gasteiger partial charge is 0.381 e. The molecule has 0 aliphatic carbocycles. The number of ether oxygens (including phenoxy) is 2. The molecule has 0 saturated carbocycles. The zero-order valence-electron chi connectivity index (χ0n) is 9.46. The molecule has 2 rings (SSSR count). The van der Waals surface area contributed by atoms with E-state index in [-0.39, 0.29) is 11.0 Å². The van der Waals surface area contributed by atoms with Gasteiger partial charge in [-0.2, -0.15) is 0 Å². The molecule has 0 bridgehead atoms. The summed E-state index contributed by atoms with van der Waals surface area (Å²) < 4.78 is 11.3. The molecule has 3 heteroatoms. The molecule has 2 heterocycles. The lowest BCUT2D eigenvalue weighted by Crippen LogP contribution is -2.47. The summed E-state index contributed by atoms with van der Waals surface area (Å²) in [5, 5.41) is 0. The lowest BCUT2D eigenvalue weighted by Gasteiger charge is -2.47. The van der Waals surface area contributed by atoms with E-state index < -0.39 is 0 Å². The van der Waals surface area contributed by atoms with E-state index in [2.05, 4.69) is 6.92 Å². The Morgan fingerprint density at radius 2 is 1.93 bits per heavy atom. The van der Waals surface area contributed by atoms with Crippen molar-refractivity contribution < 1.29 is 14.3 Å². The summed E-state index contributed by atoms with van der Waals surface area (Å²) in [6, 6.07) is 0. The van der Waals surface area contributed by atoms with Gasteiger partial charge in [0.15, 0.2) is 0 Å². The van der Waals surface area contributed by atoms with Crippen LogP contribution in [0.15, 0.2) is 0 Å². The van der Waals surface area contributed by atoms with Gasteiger partial charge in [-0.25, -0.2) is 0 Å². The summed E-state index contributed by atoms with van der Waals surface area (Å²) in [6.45, 7) is 4.61. The van der Waals surface area contributed by atoms with E-state index in [1.54, 1.807) is 0 Å². The molecular weight excluding hydrogens is 192 g/mol. The Kier molecular flexibility index (Phi) is 3.12. The van der Waals surface area contributed by atoms with Gasteiger partial charge in [-0.15, -0.1) is 0 Å². The van der Waals surface area contributed by atoms with Crippen molar-refractivity contribution in [2.24, 2.45) is 5.41 Å². The number of hydrogen-bond acceptors (Lipinski definition) is 3. The molecule has 0 aromatic carbocycles. The van der Waals surface area contributed by atoms with Crippen LogP contribution in [0, 0.1) is 5.41 Å². The summed E-state index contributed by atoms with van der Waals surface area (Å²) >= 11 is 0. The first kappa shape index (κ1) is 11.1. The van der Waals surface area contributed by atoms with Crippen molar-refractivity contribution in [1.29, 1.82) is 0 Å². The molecule has 2 saturated heterocycles. The van der Waals surface area contributed by atoms with E-state index in [0.717, 1.165) is 51.8 Å². The maximum absolute atomic E-state index is 10.7. The number of hydrogen-bond donors (Lipinski definition) is 0. The number of carbonyl (C=O) groups excluding carboxylic acids is 1. The van der Waals surface area contributed by atoms with Crippen molar-refractivity contribution >= 4 is 6.29 Å². The lowest BCUT2D eigenvalue weighted by molar-refractivity contribution is -0.165. The molecule has 2 fully saturated rings. The average molecular weight is 212 g/mol. The van der Waals surface area contributed by atoms with Crippen LogP contribution in [0.1, 0.15) is 39.0 Å². The van der Waals surface area contributed by atoms with E-state index in [1.807, 2.05) is 0 Å². The Hall–Kier alpha value is -0.410. The van der Waals surface area contributed by atoms with Gasteiger partial charge in [0.2, 0.25) is 0 Å². The van der Waals surface area contributed by atoms with Crippen LogP contribution in [-0.2, 0) is 14.3 Å². The van der Waals surface area contributed by atoms with Crippen molar-refractivity contribution in [3.63, 3.8) is 0 Å². The van der Waals surface area contributed by atoms with Crippen LogP contribution in [-0.4, -0.2) is 31.7 Å². The zero-order valence-corrected chi connectivity index (χ0v) is 9.46. The van der Waals surface area contributed by atoms with Gasteiger partial charge in [-0.3, -0.25) is 0 Å². The van der Waals surface area contributed by atoms with Crippen molar-refractivity contribution in [3.8, 4) is 0 Å². The molecule has 0 N–H and O–H groups in total. The molecule has 15 heavy (non-hydrogen) atoms. The molecule has 0 radical (unpaired) electrons. The molecule has 3 nitrogen and oxygen atoms in total. The highest BCUT2D eigenvalue weighted by molar-refractivity contribution is 5.50. The summed E-state index contributed by atoms with van der Waals surface area (Å²) in [5.41, 5.74) is 0.158. The molecule has 1 atom stereocenters. The predicted molar refractivity (Wildman–Crippen MR) is 56.8 cm³/mol. The second-order valence-corrected chi connectivity index (χ2v) is 5.25. The van der Waals surface area contributed by atoms with E-state index in [1.165, 1.54) is 0 Å². The van der Waals surface area contributed by atoms with Gasteiger partial charge in [0, 0.05) is 26.2 Å². The minimum absolute atomic E-state index is 0.00819. The van der Waals surface area contributed by atoms with Gasteiger partial charge < -0.3 is 14.3 Å². The normalized spacial score (nSPS) is 35.3. The Bertz CT molecular complexity index is 228. The first-order valence-corrected chi connectivity index (χ1v) is 5.84. The highest BCUT2D eigenvalue weighted by atomic mass is 16.5. The molecule has 1 spiro atoms. The van der Waals surface area contributed by atoms with Crippen molar-refractivity contribution in [1.82, 2.24) is 0 Å². The first-order valence-electron chi connectivity index (χ1n) is 5.84. The maximum Gasteiger partial charge on any atom is 0.120 e. The molecule has 86 valence electrons. The third-order valence-corrected chi connectivity index (χ3v) is 3.84. The minimum atomic E-state index is 0.00819. The molecule has 0 aromatic rings. The zero-order chi connectivity index (χ0) is 10.8. The van der Waals surface area contributed by atoms with E-state index >= 15 is 0 Å². The Morgan fingerprint density at radius 1 is 1.20 bits per heavy atom. The number of carbonyl (C=O) groups is 1. The summed E-state index contributed by atoms with van der Waals surface area (Å²) in [4.78, 5) is 10.7. The third-order valence-electron chi connectivity index (χ3n) is 3.84. The van der Waals surface area contributed by atoms with Crippen molar-refractivity contribution in [2.75, 3.05) is 19.8 Å². The molecular formula is C12H20O3. The third kappa shape index (κ3) is 2.40. The molecule has 0 aromatic heterocycles. The second-order valence-electron chi connectivity index (χ2n) is 5.25. The molecule has 1 unspecified atom stereocenters. The number of aldehydes is 1. The van der Waals surface area contributed by atoms with Gasteiger partial charge in [0.05, 0.1) is 5.60 Å². The molecule has 0 amide bonds. The van der Waals surface area contributed by atoms with Crippen LogP contribution < -0.4 is 0 Å². The van der Waals surface area contributed by atoms with E-state index in [4.69, 9.17) is 9.47 Å².